The third-order valence-electron chi connectivity index (χ3n) is 3.00. The van der Waals surface area contributed by atoms with E-state index in [0.717, 1.165) is 16.1 Å². The molecule has 100 valence electrons. The zero-order valence-electron chi connectivity index (χ0n) is 10.5. The van der Waals surface area contributed by atoms with Crippen LogP contribution in [0.2, 0.25) is 15.1 Å². The summed E-state index contributed by atoms with van der Waals surface area (Å²) in [6.45, 7) is 2.70. The van der Waals surface area contributed by atoms with Gasteiger partial charge in [-0.2, -0.15) is 0 Å². The van der Waals surface area contributed by atoms with Crippen molar-refractivity contribution in [3.8, 4) is 0 Å². The molecule has 0 unspecified atom stereocenters. The Morgan fingerprint density at radius 1 is 1.00 bits per heavy atom. The van der Waals surface area contributed by atoms with Gasteiger partial charge in [-0.05, 0) is 36.8 Å². The van der Waals surface area contributed by atoms with E-state index in [2.05, 4.69) is 12.2 Å². The molecule has 4 heteroatoms. The van der Waals surface area contributed by atoms with Crippen LogP contribution >= 0.6 is 34.8 Å². The average Bonchev–Trinajstić information content (AvgIpc) is 2.38. The lowest BCUT2D eigenvalue weighted by Crippen LogP contribution is -2.18. The van der Waals surface area contributed by atoms with Crippen LogP contribution in [0.4, 0.5) is 0 Å². The Morgan fingerprint density at radius 3 is 2.26 bits per heavy atom. The third kappa shape index (κ3) is 3.87. The van der Waals surface area contributed by atoms with Crippen LogP contribution < -0.4 is 5.32 Å². The molecule has 0 amide bonds. The smallest absolute Gasteiger partial charge is 0.0465 e. The van der Waals surface area contributed by atoms with E-state index in [1.54, 1.807) is 0 Å². The van der Waals surface area contributed by atoms with Crippen molar-refractivity contribution in [2.45, 2.75) is 19.5 Å². The van der Waals surface area contributed by atoms with Gasteiger partial charge < -0.3 is 5.32 Å². The molecule has 0 radical (unpaired) electrons. The Labute approximate surface area is 128 Å². The molecule has 1 N–H and O–H groups in total. The van der Waals surface area contributed by atoms with Gasteiger partial charge in [-0.25, -0.2) is 0 Å². The Morgan fingerprint density at radius 2 is 1.63 bits per heavy atom. The normalized spacial score (nSPS) is 12.4. The molecule has 2 aromatic rings. The first kappa shape index (κ1) is 14.7. The first-order valence-corrected chi connectivity index (χ1v) is 7.13. The molecule has 0 aromatic heterocycles. The monoisotopic (exact) mass is 313 g/mol. The molecule has 0 aliphatic rings. The lowest BCUT2D eigenvalue weighted by Gasteiger charge is -2.16. The van der Waals surface area contributed by atoms with Crippen LogP contribution in [0.25, 0.3) is 0 Å². The van der Waals surface area contributed by atoms with Crippen LogP contribution in [-0.4, -0.2) is 0 Å². The van der Waals surface area contributed by atoms with Crippen molar-refractivity contribution in [2.75, 3.05) is 0 Å². The highest BCUT2D eigenvalue weighted by Gasteiger charge is 2.09. The van der Waals surface area contributed by atoms with Crippen LogP contribution in [-0.2, 0) is 6.54 Å². The summed E-state index contributed by atoms with van der Waals surface area (Å²) < 4.78 is 0. The van der Waals surface area contributed by atoms with E-state index < -0.39 is 0 Å². The van der Waals surface area contributed by atoms with Gasteiger partial charge in [0.1, 0.15) is 0 Å². The van der Waals surface area contributed by atoms with Gasteiger partial charge in [-0.1, -0.05) is 53.0 Å². The predicted octanol–water partition coefficient (Wildman–Crippen LogP) is 5.50. The fraction of sp³-hybridized carbons (Fsp3) is 0.200. The van der Waals surface area contributed by atoms with Crippen molar-refractivity contribution in [1.82, 2.24) is 5.32 Å². The molecule has 0 fully saturated rings. The van der Waals surface area contributed by atoms with Gasteiger partial charge in [0.2, 0.25) is 0 Å². The summed E-state index contributed by atoms with van der Waals surface area (Å²) >= 11 is 18.3. The summed E-state index contributed by atoms with van der Waals surface area (Å²) in [6.07, 6.45) is 0. The van der Waals surface area contributed by atoms with Gasteiger partial charge in [-0.15, -0.1) is 0 Å². The quantitative estimate of drug-likeness (QED) is 0.786. The zero-order chi connectivity index (χ0) is 13.8. The van der Waals surface area contributed by atoms with Gasteiger partial charge in [0.25, 0.3) is 0 Å². The molecule has 2 aromatic carbocycles. The first-order valence-electron chi connectivity index (χ1n) is 5.99. The number of benzene rings is 2. The predicted molar refractivity (Wildman–Crippen MR) is 83.2 cm³/mol. The highest BCUT2D eigenvalue weighted by molar-refractivity contribution is 6.36. The Hall–Kier alpha value is -0.730. The summed E-state index contributed by atoms with van der Waals surface area (Å²) in [4.78, 5) is 0. The molecule has 19 heavy (non-hydrogen) atoms. The molecule has 0 spiro atoms. The maximum Gasteiger partial charge on any atom is 0.0465 e. The second-order valence-corrected chi connectivity index (χ2v) is 5.61. The van der Waals surface area contributed by atoms with E-state index in [1.165, 1.54) is 0 Å². The number of rotatable bonds is 4. The molecule has 0 aliphatic heterocycles. The lowest BCUT2D eigenvalue weighted by molar-refractivity contribution is 0.575. The molecule has 0 heterocycles. The van der Waals surface area contributed by atoms with E-state index >= 15 is 0 Å². The number of hydrogen-bond donors (Lipinski definition) is 1. The van der Waals surface area contributed by atoms with Gasteiger partial charge in [0.05, 0.1) is 0 Å². The van der Waals surface area contributed by atoms with E-state index in [9.17, 15) is 0 Å². The molecule has 2 rings (SSSR count). The molecule has 0 saturated carbocycles. The zero-order valence-corrected chi connectivity index (χ0v) is 12.7. The van der Waals surface area contributed by atoms with Gasteiger partial charge in [0, 0.05) is 33.2 Å². The number of hydrogen-bond acceptors (Lipinski definition) is 1. The minimum Gasteiger partial charge on any atom is -0.306 e. The minimum atomic E-state index is 0.172. The second-order valence-electron chi connectivity index (χ2n) is 4.36. The van der Waals surface area contributed by atoms with Crippen molar-refractivity contribution in [3.63, 3.8) is 0 Å². The Kier molecular flexibility index (Phi) is 5.12. The van der Waals surface area contributed by atoms with E-state index in [4.69, 9.17) is 34.8 Å². The van der Waals surface area contributed by atoms with Crippen molar-refractivity contribution < 1.29 is 0 Å². The van der Waals surface area contributed by atoms with Crippen molar-refractivity contribution in [3.05, 3.63) is 68.7 Å². The molecule has 1 nitrogen and oxygen atoms in total. The maximum absolute atomic E-state index is 6.14. The molecule has 0 bridgehead atoms. The fourth-order valence-electron chi connectivity index (χ4n) is 1.85. The van der Waals surface area contributed by atoms with E-state index in [-0.39, 0.29) is 6.04 Å². The van der Waals surface area contributed by atoms with E-state index in [1.807, 2.05) is 42.5 Å². The Balaban J connectivity index is 2.06. The van der Waals surface area contributed by atoms with Crippen LogP contribution in [0.1, 0.15) is 24.1 Å². The molecular weight excluding hydrogens is 301 g/mol. The topological polar surface area (TPSA) is 12.0 Å². The SMILES string of the molecule is C[C@@H](NCc1c(Cl)cccc1Cl)c1cccc(Cl)c1. The van der Waals surface area contributed by atoms with Gasteiger partial charge >= 0.3 is 0 Å². The average molecular weight is 315 g/mol. The van der Waals surface area contributed by atoms with Crippen LogP contribution in [0.5, 0.6) is 0 Å². The van der Waals surface area contributed by atoms with E-state index in [0.29, 0.717) is 16.6 Å². The van der Waals surface area contributed by atoms with Crippen LogP contribution in [0, 0.1) is 0 Å². The summed E-state index contributed by atoms with van der Waals surface area (Å²) in [6, 6.07) is 13.5. The highest BCUT2D eigenvalue weighted by Crippen LogP contribution is 2.25. The minimum absolute atomic E-state index is 0.172. The van der Waals surface area contributed by atoms with Crippen LogP contribution in [0.15, 0.2) is 42.5 Å². The second kappa shape index (κ2) is 6.62. The van der Waals surface area contributed by atoms with Crippen molar-refractivity contribution in [2.24, 2.45) is 0 Å². The summed E-state index contributed by atoms with van der Waals surface area (Å²) in [5.74, 6) is 0. The largest absolute Gasteiger partial charge is 0.306 e. The molecular formula is C15H14Cl3N. The third-order valence-corrected chi connectivity index (χ3v) is 3.94. The van der Waals surface area contributed by atoms with Crippen molar-refractivity contribution in [1.29, 1.82) is 0 Å². The molecule has 0 saturated heterocycles. The number of halogens is 3. The van der Waals surface area contributed by atoms with Gasteiger partial charge in [0.15, 0.2) is 0 Å². The fourth-order valence-corrected chi connectivity index (χ4v) is 2.58. The van der Waals surface area contributed by atoms with Gasteiger partial charge in [-0.3, -0.25) is 0 Å². The maximum atomic E-state index is 6.14. The number of nitrogens with one attached hydrogen (secondary N) is 1. The lowest BCUT2D eigenvalue weighted by atomic mass is 10.1. The summed E-state index contributed by atoms with van der Waals surface area (Å²) in [5, 5.41) is 5.49. The molecule has 0 aliphatic carbocycles. The summed E-state index contributed by atoms with van der Waals surface area (Å²) in [5.41, 5.74) is 2.05. The standard InChI is InChI=1S/C15H14Cl3N/c1-10(11-4-2-5-12(16)8-11)19-9-13-14(17)6-3-7-15(13)18/h2-8,10,19H,9H2,1H3/t10-/m1/s1. The summed E-state index contributed by atoms with van der Waals surface area (Å²) in [7, 11) is 0. The Bertz CT molecular complexity index is 549. The molecule has 1 atom stereocenters. The van der Waals surface area contributed by atoms with Crippen LogP contribution in [0.3, 0.4) is 0 Å². The first-order chi connectivity index (χ1) is 9.08. The highest BCUT2D eigenvalue weighted by atomic mass is 35.5. The van der Waals surface area contributed by atoms with Crippen molar-refractivity contribution >= 4 is 34.8 Å².